The first-order valence-corrected chi connectivity index (χ1v) is 19.3. The molecule has 6 aromatic carbocycles. The van der Waals surface area contributed by atoms with E-state index in [0.29, 0.717) is 17.5 Å². The van der Waals surface area contributed by atoms with E-state index in [-0.39, 0.29) is 10.8 Å². The number of hydrogen-bond acceptors (Lipinski definition) is 4. The number of fused-ring (bicyclic) bond motifs is 2. The normalized spacial score (nSPS) is 13.2. The fourth-order valence-corrected chi connectivity index (χ4v) is 8.29. The van der Waals surface area contributed by atoms with Gasteiger partial charge in [0.1, 0.15) is 5.82 Å². The van der Waals surface area contributed by atoms with E-state index >= 15 is 0 Å². The number of benzene rings is 6. The SMILES string of the molecule is CC(C)(C)c1ccc2c(c1)c1cc3ccc1n2-c1ncc(-c2cccc(-c4ccccc4)c2)cc1-c1nc(-c2ccccc2)nc(n1)-c1ccccc1C3(C)C. The van der Waals surface area contributed by atoms with Gasteiger partial charge in [-0.25, -0.2) is 19.9 Å². The molecule has 2 aliphatic heterocycles. The molecular formula is C51H41N5. The molecule has 6 bridgehead atoms. The minimum absolute atomic E-state index is 0.0201. The van der Waals surface area contributed by atoms with Gasteiger partial charge >= 0.3 is 0 Å². The second-order valence-corrected chi connectivity index (χ2v) is 16.4. The summed E-state index contributed by atoms with van der Waals surface area (Å²) in [4.78, 5) is 21.3. The van der Waals surface area contributed by atoms with Crippen LogP contribution in [0.3, 0.4) is 0 Å². The Labute approximate surface area is 327 Å². The summed E-state index contributed by atoms with van der Waals surface area (Å²) in [6, 6.07) is 54.0. The summed E-state index contributed by atoms with van der Waals surface area (Å²) < 4.78 is 2.31. The molecule has 0 saturated heterocycles. The first-order valence-electron chi connectivity index (χ1n) is 19.3. The lowest BCUT2D eigenvalue weighted by Crippen LogP contribution is -2.20. The van der Waals surface area contributed by atoms with Gasteiger partial charge in [-0.1, -0.05) is 150 Å². The first-order chi connectivity index (χ1) is 27.1. The molecule has 0 saturated carbocycles. The maximum Gasteiger partial charge on any atom is 0.167 e. The van der Waals surface area contributed by atoms with E-state index in [4.69, 9.17) is 19.9 Å². The van der Waals surface area contributed by atoms with Crippen LogP contribution in [0.1, 0.15) is 51.3 Å². The van der Waals surface area contributed by atoms with E-state index in [1.54, 1.807) is 0 Å². The summed E-state index contributed by atoms with van der Waals surface area (Å²) in [6.45, 7) is 11.4. The number of hydrogen-bond donors (Lipinski definition) is 0. The Balaban J connectivity index is 1.34. The second-order valence-electron chi connectivity index (χ2n) is 16.4. The van der Waals surface area contributed by atoms with Crippen LogP contribution in [0.25, 0.3) is 84.0 Å². The second kappa shape index (κ2) is 12.7. The van der Waals surface area contributed by atoms with Gasteiger partial charge in [0.25, 0.3) is 0 Å². The molecule has 3 aromatic heterocycles. The third-order valence-electron chi connectivity index (χ3n) is 11.5. The zero-order valence-electron chi connectivity index (χ0n) is 32.2. The minimum Gasteiger partial charge on any atom is -0.293 e. The Morgan fingerprint density at radius 2 is 1.07 bits per heavy atom. The molecule has 5 heteroatoms. The third-order valence-corrected chi connectivity index (χ3v) is 11.5. The maximum atomic E-state index is 5.38. The van der Waals surface area contributed by atoms with Crippen LogP contribution in [0.4, 0.5) is 0 Å². The number of aromatic nitrogens is 5. The molecule has 9 aromatic rings. The predicted octanol–water partition coefficient (Wildman–Crippen LogP) is 12.6. The highest BCUT2D eigenvalue weighted by molar-refractivity contribution is 6.10. The topological polar surface area (TPSA) is 56.5 Å². The van der Waals surface area contributed by atoms with Crippen molar-refractivity contribution in [1.29, 1.82) is 0 Å². The molecular weight excluding hydrogens is 683 g/mol. The highest BCUT2D eigenvalue weighted by Gasteiger charge is 2.30. The van der Waals surface area contributed by atoms with Crippen molar-refractivity contribution in [3.63, 3.8) is 0 Å². The van der Waals surface area contributed by atoms with E-state index in [1.807, 2.05) is 24.4 Å². The Morgan fingerprint density at radius 3 is 1.80 bits per heavy atom. The van der Waals surface area contributed by atoms with Crippen LogP contribution in [0.5, 0.6) is 0 Å². The Hall–Kier alpha value is -6.72. The smallest absolute Gasteiger partial charge is 0.167 e. The molecule has 5 heterocycles. The quantitative estimate of drug-likeness (QED) is 0.182. The molecule has 0 unspecified atom stereocenters. The summed E-state index contributed by atoms with van der Waals surface area (Å²) in [6.07, 6.45) is 2.00. The fourth-order valence-electron chi connectivity index (χ4n) is 8.29. The van der Waals surface area contributed by atoms with Gasteiger partial charge in [0.2, 0.25) is 0 Å². The van der Waals surface area contributed by atoms with Crippen molar-refractivity contribution in [2.24, 2.45) is 0 Å². The lowest BCUT2D eigenvalue weighted by Gasteiger charge is -2.28. The monoisotopic (exact) mass is 723 g/mol. The molecule has 56 heavy (non-hydrogen) atoms. The van der Waals surface area contributed by atoms with E-state index in [9.17, 15) is 0 Å². The van der Waals surface area contributed by atoms with Crippen molar-refractivity contribution >= 4 is 21.8 Å². The van der Waals surface area contributed by atoms with Crippen LogP contribution in [-0.2, 0) is 10.8 Å². The van der Waals surface area contributed by atoms with Gasteiger partial charge in [-0.2, -0.15) is 0 Å². The van der Waals surface area contributed by atoms with Crippen LogP contribution in [0.15, 0.2) is 158 Å². The Morgan fingerprint density at radius 1 is 0.482 bits per heavy atom. The van der Waals surface area contributed by atoms with E-state index in [2.05, 4.69) is 173 Å². The number of pyridine rings is 1. The zero-order chi connectivity index (χ0) is 38.2. The van der Waals surface area contributed by atoms with Crippen LogP contribution in [0.2, 0.25) is 0 Å². The van der Waals surface area contributed by atoms with Crippen molar-refractivity contribution in [1.82, 2.24) is 24.5 Å². The zero-order valence-corrected chi connectivity index (χ0v) is 32.2. The average molecular weight is 724 g/mol. The molecule has 0 aliphatic carbocycles. The highest BCUT2D eigenvalue weighted by Crippen LogP contribution is 2.44. The fraction of sp³-hybridized carbons (Fsp3) is 0.137. The Kier molecular flexibility index (Phi) is 7.65. The molecule has 0 atom stereocenters. The van der Waals surface area contributed by atoms with Crippen molar-refractivity contribution in [2.45, 2.75) is 45.4 Å². The van der Waals surface area contributed by atoms with E-state index in [1.165, 1.54) is 27.5 Å². The molecule has 0 radical (unpaired) electrons. The van der Waals surface area contributed by atoms with Gasteiger partial charge in [-0.3, -0.25) is 4.57 Å². The van der Waals surface area contributed by atoms with Gasteiger partial charge in [0.15, 0.2) is 17.5 Å². The summed E-state index contributed by atoms with van der Waals surface area (Å²) in [7, 11) is 0. The molecule has 2 aliphatic rings. The van der Waals surface area contributed by atoms with Gasteiger partial charge in [0, 0.05) is 39.1 Å². The molecule has 0 fully saturated rings. The van der Waals surface area contributed by atoms with Gasteiger partial charge < -0.3 is 0 Å². The summed E-state index contributed by atoms with van der Waals surface area (Å²) in [5.41, 5.74) is 12.5. The lowest BCUT2D eigenvalue weighted by molar-refractivity contribution is 0.591. The summed E-state index contributed by atoms with van der Waals surface area (Å²) in [5, 5.41) is 2.39. The first kappa shape index (κ1) is 33.8. The molecule has 0 spiro atoms. The van der Waals surface area contributed by atoms with Gasteiger partial charge in [-0.15, -0.1) is 0 Å². The van der Waals surface area contributed by atoms with E-state index < -0.39 is 0 Å². The molecule has 11 rings (SSSR count). The van der Waals surface area contributed by atoms with Crippen LogP contribution in [-0.4, -0.2) is 24.5 Å². The third kappa shape index (κ3) is 5.53. The molecule has 0 amide bonds. The van der Waals surface area contributed by atoms with Crippen molar-refractivity contribution in [2.75, 3.05) is 0 Å². The van der Waals surface area contributed by atoms with Crippen LogP contribution >= 0.6 is 0 Å². The standard InChI is InChI=1S/C51H41N5/c1-50(2,3)37-23-25-44-40(29-37)41-30-38-24-26-45(41)56(44)49-42(28-36(31-52-49)35-20-14-19-34(27-35)32-15-8-6-9-16-32)48-54-46(33-17-10-7-11-18-33)53-47(55-48)39-21-12-13-22-43(39)51(38,4)5/h6-31H,1-5H3. The van der Waals surface area contributed by atoms with E-state index in [0.717, 1.165) is 55.8 Å². The average Bonchev–Trinajstić information content (AvgIpc) is 3.56. The summed E-state index contributed by atoms with van der Waals surface area (Å²) >= 11 is 0. The number of nitrogens with zero attached hydrogens (tertiary/aromatic N) is 5. The molecule has 0 N–H and O–H groups in total. The van der Waals surface area contributed by atoms with Crippen molar-refractivity contribution in [3.8, 4) is 62.2 Å². The van der Waals surface area contributed by atoms with Crippen molar-refractivity contribution in [3.05, 3.63) is 175 Å². The van der Waals surface area contributed by atoms with Crippen molar-refractivity contribution < 1.29 is 0 Å². The largest absolute Gasteiger partial charge is 0.293 e. The van der Waals surface area contributed by atoms with Crippen LogP contribution in [0, 0.1) is 0 Å². The Bertz CT molecular complexity index is 2970. The molecule has 270 valence electrons. The summed E-state index contributed by atoms with van der Waals surface area (Å²) in [5.74, 6) is 2.59. The number of rotatable bonds is 3. The van der Waals surface area contributed by atoms with Crippen LogP contribution < -0.4 is 0 Å². The van der Waals surface area contributed by atoms with Gasteiger partial charge in [0.05, 0.1) is 16.6 Å². The maximum absolute atomic E-state index is 5.38. The minimum atomic E-state index is -0.378. The lowest BCUT2D eigenvalue weighted by atomic mass is 9.75. The van der Waals surface area contributed by atoms with Gasteiger partial charge in [-0.05, 0) is 75.2 Å². The highest BCUT2D eigenvalue weighted by atomic mass is 15.1. The molecule has 5 nitrogen and oxygen atoms in total. The predicted molar refractivity (Wildman–Crippen MR) is 230 cm³/mol.